The normalized spacial score (nSPS) is 11.8. The number of amides is 2. The summed E-state index contributed by atoms with van der Waals surface area (Å²) in [5.74, 6) is 1.92. The summed E-state index contributed by atoms with van der Waals surface area (Å²) in [5, 5.41) is 5.84. The first-order valence-corrected chi connectivity index (χ1v) is 8.75. The second-order valence-electron chi connectivity index (χ2n) is 6.66. The number of anilines is 1. The van der Waals surface area contributed by atoms with Gasteiger partial charge in [0.1, 0.15) is 11.5 Å². The van der Waals surface area contributed by atoms with Crippen molar-refractivity contribution in [3.63, 3.8) is 0 Å². The van der Waals surface area contributed by atoms with E-state index < -0.39 is 0 Å². The third-order valence-corrected chi connectivity index (χ3v) is 4.38. The molecule has 0 unspecified atom stereocenters. The van der Waals surface area contributed by atoms with Crippen molar-refractivity contribution in [1.82, 2.24) is 5.32 Å². The largest absolute Gasteiger partial charge is 0.497 e. The number of aryl methyl sites for hydroxylation is 1. The number of methoxy groups -OCH3 is 2. The van der Waals surface area contributed by atoms with Crippen LogP contribution in [0.3, 0.4) is 0 Å². The van der Waals surface area contributed by atoms with E-state index in [0.29, 0.717) is 17.4 Å². The lowest BCUT2D eigenvalue weighted by Gasteiger charge is -2.21. The molecular formula is C21H28N2O3. The molecule has 0 aromatic heterocycles. The van der Waals surface area contributed by atoms with Gasteiger partial charge in [0.2, 0.25) is 0 Å². The van der Waals surface area contributed by atoms with Crippen LogP contribution in [0.1, 0.15) is 49.4 Å². The van der Waals surface area contributed by atoms with Gasteiger partial charge in [-0.05, 0) is 60.7 Å². The highest BCUT2D eigenvalue weighted by Gasteiger charge is 2.17. The minimum absolute atomic E-state index is 0.135. The average Bonchev–Trinajstić information content (AvgIpc) is 2.60. The molecule has 2 N–H and O–H groups in total. The number of hydrogen-bond donors (Lipinski definition) is 2. The fraction of sp³-hybridized carbons (Fsp3) is 0.381. The molecule has 2 aromatic rings. The van der Waals surface area contributed by atoms with Gasteiger partial charge in [-0.15, -0.1) is 0 Å². The molecule has 0 fully saturated rings. The maximum absolute atomic E-state index is 12.4. The summed E-state index contributed by atoms with van der Waals surface area (Å²) in [6, 6.07) is 11.0. The summed E-state index contributed by atoms with van der Waals surface area (Å²) in [7, 11) is 3.28. The van der Waals surface area contributed by atoms with Gasteiger partial charge in [-0.25, -0.2) is 4.79 Å². The highest BCUT2D eigenvalue weighted by molar-refractivity contribution is 5.89. The quantitative estimate of drug-likeness (QED) is 0.764. The molecule has 1 atom stereocenters. The van der Waals surface area contributed by atoms with Crippen LogP contribution in [-0.2, 0) is 0 Å². The lowest BCUT2D eigenvalue weighted by atomic mass is 9.93. The maximum Gasteiger partial charge on any atom is 0.319 e. The summed E-state index contributed by atoms with van der Waals surface area (Å²) in [4.78, 5) is 12.4. The minimum atomic E-state index is -0.257. The first-order valence-electron chi connectivity index (χ1n) is 8.75. The summed E-state index contributed by atoms with van der Waals surface area (Å²) in [5.41, 5.74) is 3.98. The Morgan fingerprint density at radius 1 is 1.00 bits per heavy atom. The first-order chi connectivity index (χ1) is 12.3. The molecule has 2 amide bonds. The number of rotatable bonds is 6. The Morgan fingerprint density at radius 3 is 2.35 bits per heavy atom. The van der Waals surface area contributed by atoms with Gasteiger partial charge in [-0.2, -0.15) is 0 Å². The number of carbonyl (C=O) groups is 1. The second kappa shape index (κ2) is 8.61. The van der Waals surface area contributed by atoms with E-state index in [0.717, 1.165) is 22.4 Å². The van der Waals surface area contributed by atoms with E-state index in [1.807, 2.05) is 38.1 Å². The Balaban J connectivity index is 2.14. The fourth-order valence-electron chi connectivity index (χ4n) is 2.95. The molecule has 5 heteroatoms. The topological polar surface area (TPSA) is 59.6 Å². The fourth-order valence-corrected chi connectivity index (χ4v) is 2.95. The monoisotopic (exact) mass is 356 g/mol. The molecule has 0 saturated carbocycles. The van der Waals surface area contributed by atoms with Crippen LogP contribution < -0.4 is 20.1 Å². The second-order valence-corrected chi connectivity index (χ2v) is 6.66. The summed E-state index contributed by atoms with van der Waals surface area (Å²) in [6.45, 7) is 8.26. The van der Waals surface area contributed by atoms with E-state index >= 15 is 0 Å². The van der Waals surface area contributed by atoms with Crippen LogP contribution in [0, 0.1) is 6.92 Å². The van der Waals surface area contributed by atoms with Crippen molar-refractivity contribution in [2.24, 2.45) is 0 Å². The van der Waals surface area contributed by atoms with Crippen molar-refractivity contribution >= 4 is 11.7 Å². The average molecular weight is 356 g/mol. The molecule has 2 aromatic carbocycles. The van der Waals surface area contributed by atoms with Gasteiger partial charge in [-0.3, -0.25) is 0 Å². The molecule has 2 rings (SSSR count). The summed E-state index contributed by atoms with van der Waals surface area (Å²) < 4.78 is 10.7. The number of urea groups is 1. The zero-order valence-corrected chi connectivity index (χ0v) is 16.3. The van der Waals surface area contributed by atoms with Gasteiger partial charge in [-0.1, -0.05) is 19.9 Å². The van der Waals surface area contributed by atoms with Gasteiger partial charge in [0.05, 0.1) is 20.3 Å². The van der Waals surface area contributed by atoms with E-state index in [-0.39, 0.29) is 12.1 Å². The molecule has 5 nitrogen and oxygen atoms in total. The van der Waals surface area contributed by atoms with Gasteiger partial charge in [0.25, 0.3) is 0 Å². The predicted octanol–water partition coefficient (Wildman–Crippen LogP) is 5.02. The van der Waals surface area contributed by atoms with Crippen LogP contribution in [0.2, 0.25) is 0 Å². The van der Waals surface area contributed by atoms with Crippen molar-refractivity contribution in [2.45, 2.75) is 39.7 Å². The van der Waals surface area contributed by atoms with Crippen molar-refractivity contribution in [2.75, 3.05) is 19.5 Å². The van der Waals surface area contributed by atoms with Crippen molar-refractivity contribution in [1.29, 1.82) is 0 Å². The Kier molecular flexibility index (Phi) is 6.50. The van der Waals surface area contributed by atoms with E-state index in [1.165, 1.54) is 0 Å². The summed E-state index contributed by atoms with van der Waals surface area (Å²) >= 11 is 0. The van der Waals surface area contributed by atoms with E-state index in [4.69, 9.17) is 9.47 Å². The molecule has 0 heterocycles. The van der Waals surface area contributed by atoms with Crippen LogP contribution in [0.4, 0.5) is 10.5 Å². The highest BCUT2D eigenvalue weighted by Crippen LogP contribution is 2.32. The van der Waals surface area contributed by atoms with Crippen LogP contribution in [0.25, 0.3) is 0 Å². The first kappa shape index (κ1) is 19.6. The van der Waals surface area contributed by atoms with Crippen LogP contribution in [-0.4, -0.2) is 20.3 Å². The zero-order chi connectivity index (χ0) is 19.3. The Bertz CT molecular complexity index is 772. The van der Waals surface area contributed by atoms with E-state index in [2.05, 4.69) is 30.5 Å². The summed E-state index contributed by atoms with van der Waals surface area (Å²) in [6.07, 6.45) is 0. The smallest absolute Gasteiger partial charge is 0.319 e. The van der Waals surface area contributed by atoms with Crippen LogP contribution in [0.5, 0.6) is 11.5 Å². The van der Waals surface area contributed by atoms with Gasteiger partial charge >= 0.3 is 6.03 Å². The number of benzene rings is 2. The number of hydrogen-bond acceptors (Lipinski definition) is 3. The predicted molar refractivity (Wildman–Crippen MR) is 105 cm³/mol. The number of ether oxygens (including phenoxy) is 2. The van der Waals surface area contributed by atoms with E-state index in [9.17, 15) is 4.79 Å². The SMILES string of the molecule is COc1cccc(NC(=O)N[C@@H](C)c2cc(C(C)C)c(OC)cc2C)c1. The Labute approximate surface area is 155 Å². The molecular weight excluding hydrogens is 328 g/mol. The standard InChI is InChI=1S/C21H28N2O3/c1-13(2)18-12-19(14(3)10-20(18)26-6)15(4)22-21(24)23-16-8-7-9-17(11-16)25-5/h7-13,15H,1-6H3,(H2,22,23,24)/t15-/m0/s1. The lowest BCUT2D eigenvalue weighted by molar-refractivity contribution is 0.249. The van der Waals surface area contributed by atoms with Gasteiger partial charge in [0, 0.05) is 11.8 Å². The Morgan fingerprint density at radius 2 is 1.73 bits per heavy atom. The minimum Gasteiger partial charge on any atom is -0.497 e. The zero-order valence-electron chi connectivity index (χ0n) is 16.3. The van der Waals surface area contributed by atoms with Crippen molar-refractivity contribution < 1.29 is 14.3 Å². The van der Waals surface area contributed by atoms with E-state index in [1.54, 1.807) is 20.3 Å². The molecule has 0 spiro atoms. The molecule has 0 aliphatic carbocycles. The lowest BCUT2D eigenvalue weighted by Crippen LogP contribution is -2.31. The Hall–Kier alpha value is -2.69. The van der Waals surface area contributed by atoms with Crippen molar-refractivity contribution in [3.8, 4) is 11.5 Å². The molecule has 0 bridgehead atoms. The molecule has 0 saturated heterocycles. The maximum atomic E-state index is 12.4. The van der Waals surface area contributed by atoms with Crippen molar-refractivity contribution in [3.05, 3.63) is 53.1 Å². The van der Waals surface area contributed by atoms with Crippen LogP contribution >= 0.6 is 0 Å². The third-order valence-electron chi connectivity index (χ3n) is 4.38. The number of carbonyl (C=O) groups excluding carboxylic acids is 1. The molecule has 140 valence electrons. The third kappa shape index (κ3) is 4.69. The number of nitrogens with one attached hydrogen (secondary N) is 2. The highest BCUT2D eigenvalue weighted by atomic mass is 16.5. The molecule has 0 aliphatic rings. The van der Waals surface area contributed by atoms with Gasteiger partial charge < -0.3 is 20.1 Å². The molecule has 0 aliphatic heterocycles. The molecule has 0 radical (unpaired) electrons. The van der Waals surface area contributed by atoms with Gasteiger partial charge in [0.15, 0.2) is 0 Å². The van der Waals surface area contributed by atoms with Crippen LogP contribution in [0.15, 0.2) is 36.4 Å². The molecule has 26 heavy (non-hydrogen) atoms.